The molecule has 3 atom stereocenters. The minimum Gasteiger partial charge on any atom is -0.329 e. The lowest BCUT2D eigenvalue weighted by Crippen LogP contribution is -2.54. The van der Waals surface area contributed by atoms with Crippen molar-refractivity contribution >= 4 is 0 Å². The van der Waals surface area contributed by atoms with E-state index in [4.69, 9.17) is 5.73 Å². The van der Waals surface area contributed by atoms with Crippen molar-refractivity contribution in [3.05, 3.63) is 0 Å². The predicted octanol–water partition coefficient (Wildman–Crippen LogP) is 2.92. The second-order valence-electron chi connectivity index (χ2n) is 5.01. The van der Waals surface area contributed by atoms with Crippen LogP contribution in [0.3, 0.4) is 0 Å². The van der Waals surface area contributed by atoms with Gasteiger partial charge in [-0.15, -0.1) is 0 Å². The zero-order valence-electron chi connectivity index (χ0n) is 11.3. The summed E-state index contributed by atoms with van der Waals surface area (Å²) in [7, 11) is 0. The molecule has 0 aliphatic rings. The van der Waals surface area contributed by atoms with Gasteiger partial charge in [-0.1, -0.05) is 34.1 Å². The summed E-state index contributed by atoms with van der Waals surface area (Å²) in [6, 6.07) is 0.567. The van der Waals surface area contributed by atoms with Crippen LogP contribution in [0.15, 0.2) is 0 Å². The highest BCUT2D eigenvalue weighted by atomic mass is 15.0. The fourth-order valence-electron chi connectivity index (χ4n) is 2.03. The van der Waals surface area contributed by atoms with Gasteiger partial charge in [0, 0.05) is 18.1 Å². The maximum absolute atomic E-state index is 5.96. The van der Waals surface area contributed by atoms with Crippen molar-refractivity contribution in [3.63, 3.8) is 0 Å². The van der Waals surface area contributed by atoms with Crippen molar-refractivity contribution in [2.45, 2.75) is 71.9 Å². The predicted molar refractivity (Wildman–Crippen MR) is 69.0 cm³/mol. The molecule has 0 fully saturated rings. The molecule has 0 radical (unpaired) electrons. The summed E-state index contributed by atoms with van der Waals surface area (Å²) in [5.41, 5.74) is 6.12. The van der Waals surface area contributed by atoms with Gasteiger partial charge >= 0.3 is 0 Å². The molecule has 0 bridgehead atoms. The van der Waals surface area contributed by atoms with Crippen molar-refractivity contribution < 1.29 is 0 Å². The molecule has 0 amide bonds. The molecule has 15 heavy (non-hydrogen) atoms. The van der Waals surface area contributed by atoms with Crippen LogP contribution in [-0.2, 0) is 0 Å². The van der Waals surface area contributed by atoms with Crippen molar-refractivity contribution in [3.8, 4) is 0 Å². The molecule has 2 nitrogen and oxygen atoms in total. The molecule has 0 aliphatic carbocycles. The molecule has 92 valence electrons. The summed E-state index contributed by atoms with van der Waals surface area (Å²) in [5, 5.41) is 3.72. The highest BCUT2D eigenvalue weighted by Crippen LogP contribution is 2.22. The molecule has 0 saturated carbocycles. The minimum absolute atomic E-state index is 0.158. The van der Waals surface area contributed by atoms with Crippen molar-refractivity contribution in [1.82, 2.24) is 5.32 Å². The molecule has 3 unspecified atom stereocenters. The first kappa shape index (κ1) is 14.9. The molecule has 0 spiro atoms. The van der Waals surface area contributed by atoms with Gasteiger partial charge in [0.25, 0.3) is 0 Å². The average molecular weight is 214 g/mol. The quantitative estimate of drug-likeness (QED) is 0.652. The van der Waals surface area contributed by atoms with E-state index in [1.165, 1.54) is 19.3 Å². The molecular formula is C13H30N2. The van der Waals surface area contributed by atoms with E-state index < -0.39 is 0 Å². The van der Waals surface area contributed by atoms with Gasteiger partial charge in [-0.2, -0.15) is 0 Å². The second kappa shape index (κ2) is 7.24. The Morgan fingerprint density at radius 3 is 2.07 bits per heavy atom. The molecule has 0 aromatic heterocycles. The SMILES string of the molecule is CCC(C)CC(CC)(CN)NC(C)CC. The van der Waals surface area contributed by atoms with Gasteiger partial charge < -0.3 is 11.1 Å². The number of rotatable bonds is 8. The average Bonchev–Trinajstić information content (AvgIpc) is 2.27. The molecular weight excluding hydrogens is 184 g/mol. The first-order valence-electron chi connectivity index (χ1n) is 6.51. The Bertz CT molecular complexity index is 139. The molecule has 0 aromatic carbocycles. The zero-order chi connectivity index (χ0) is 11.9. The van der Waals surface area contributed by atoms with Gasteiger partial charge in [0.05, 0.1) is 0 Å². The molecule has 0 rings (SSSR count). The summed E-state index contributed by atoms with van der Waals surface area (Å²) in [5.74, 6) is 0.755. The van der Waals surface area contributed by atoms with Gasteiger partial charge in [-0.25, -0.2) is 0 Å². The number of hydrogen-bond acceptors (Lipinski definition) is 2. The number of nitrogens with one attached hydrogen (secondary N) is 1. The Balaban J connectivity index is 4.42. The normalized spacial score (nSPS) is 19.6. The maximum atomic E-state index is 5.96. The lowest BCUT2D eigenvalue weighted by Gasteiger charge is -2.37. The van der Waals surface area contributed by atoms with E-state index in [2.05, 4.69) is 39.9 Å². The highest BCUT2D eigenvalue weighted by Gasteiger charge is 2.28. The van der Waals surface area contributed by atoms with Crippen LogP contribution >= 0.6 is 0 Å². The first-order valence-corrected chi connectivity index (χ1v) is 6.51. The summed E-state index contributed by atoms with van der Waals surface area (Å²) >= 11 is 0. The Labute approximate surface area is 96.0 Å². The van der Waals surface area contributed by atoms with Crippen LogP contribution < -0.4 is 11.1 Å². The van der Waals surface area contributed by atoms with E-state index in [0.29, 0.717) is 6.04 Å². The summed E-state index contributed by atoms with van der Waals surface area (Å²) in [6.07, 6.45) is 4.73. The molecule has 0 saturated heterocycles. The minimum atomic E-state index is 0.158. The number of nitrogens with two attached hydrogens (primary N) is 1. The third-order valence-electron chi connectivity index (χ3n) is 3.67. The highest BCUT2D eigenvalue weighted by molar-refractivity contribution is 4.90. The van der Waals surface area contributed by atoms with Crippen LogP contribution in [0.1, 0.15) is 60.3 Å². The lowest BCUT2D eigenvalue weighted by molar-refractivity contribution is 0.230. The second-order valence-corrected chi connectivity index (χ2v) is 5.01. The van der Waals surface area contributed by atoms with Gasteiger partial charge in [0.15, 0.2) is 0 Å². The van der Waals surface area contributed by atoms with E-state index in [1.807, 2.05) is 0 Å². The first-order chi connectivity index (χ1) is 7.03. The van der Waals surface area contributed by atoms with Crippen molar-refractivity contribution in [2.24, 2.45) is 11.7 Å². The Hall–Kier alpha value is -0.0800. The van der Waals surface area contributed by atoms with E-state index in [1.54, 1.807) is 0 Å². The van der Waals surface area contributed by atoms with Gasteiger partial charge in [-0.3, -0.25) is 0 Å². The third kappa shape index (κ3) is 4.98. The standard InChI is InChI=1S/C13H30N2/c1-6-11(4)9-13(8-3,10-14)15-12(5)7-2/h11-12,15H,6-10,14H2,1-5H3. The van der Waals surface area contributed by atoms with Crippen LogP contribution in [0.5, 0.6) is 0 Å². The van der Waals surface area contributed by atoms with Crippen LogP contribution in [0.2, 0.25) is 0 Å². The number of hydrogen-bond donors (Lipinski definition) is 2. The van der Waals surface area contributed by atoms with E-state index >= 15 is 0 Å². The zero-order valence-corrected chi connectivity index (χ0v) is 11.3. The van der Waals surface area contributed by atoms with Crippen LogP contribution in [0, 0.1) is 5.92 Å². The molecule has 3 N–H and O–H groups in total. The van der Waals surface area contributed by atoms with E-state index in [-0.39, 0.29) is 5.54 Å². The Morgan fingerprint density at radius 2 is 1.73 bits per heavy atom. The summed E-state index contributed by atoms with van der Waals surface area (Å²) < 4.78 is 0. The van der Waals surface area contributed by atoms with Gasteiger partial charge in [0.1, 0.15) is 0 Å². The fraction of sp³-hybridized carbons (Fsp3) is 1.00. The molecule has 0 aliphatic heterocycles. The Morgan fingerprint density at radius 1 is 1.13 bits per heavy atom. The summed E-state index contributed by atoms with van der Waals surface area (Å²) in [6.45, 7) is 12.0. The van der Waals surface area contributed by atoms with E-state index in [0.717, 1.165) is 18.9 Å². The molecule has 0 aromatic rings. The Kier molecular flexibility index (Phi) is 7.20. The van der Waals surface area contributed by atoms with Crippen LogP contribution in [-0.4, -0.2) is 18.1 Å². The smallest absolute Gasteiger partial charge is 0.0306 e. The van der Waals surface area contributed by atoms with Gasteiger partial charge in [-0.05, 0) is 32.1 Å². The van der Waals surface area contributed by atoms with E-state index in [9.17, 15) is 0 Å². The third-order valence-corrected chi connectivity index (χ3v) is 3.67. The van der Waals surface area contributed by atoms with Crippen LogP contribution in [0.4, 0.5) is 0 Å². The summed E-state index contributed by atoms with van der Waals surface area (Å²) in [4.78, 5) is 0. The van der Waals surface area contributed by atoms with Crippen LogP contribution in [0.25, 0.3) is 0 Å². The largest absolute Gasteiger partial charge is 0.329 e. The van der Waals surface area contributed by atoms with Crippen molar-refractivity contribution in [2.75, 3.05) is 6.54 Å². The molecule has 2 heteroatoms. The molecule has 0 heterocycles. The maximum Gasteiger partial charge on any atom is 0.0306 e. The van der Waals surface area contributed by atoms with Crippen molar-refractivity contribution in [1.29, 1.82) is 0 Å². The monoisotopic (exact) mass is 214 g/mol. The topological polar surface area (TPSA) is 38.0 Å². The lowest BCUT2D eigenvalue weighted by atomic mass is 9.84. The fourth-order valence-corrected chi connectivity index (χ4v) is 2.03. The van der Waals surface area contributed by atoms with Gasteiger partial charge in [0.2, 0.25) is 0 Å².